The van der Waals surface area contributed by atoms with Crippen molar-refractivity contribution in [2.75, 3.05) is 12.0 Å². The molecule has 32 heavy (non-hydrogen) atoms. The topological polar surface area (TPSA) is 110 Å². The van der Waals surface area contributed by atoms with Crippen LogP contribution in [-0.4, -0.2) is 28.8 Å². The Bertz CT molecular complexity index is 1230. The minimum Gasteiger partial charge on any atom is -0.507 e. The van der Waals surface area contributed by atoms with Crippen LogP contribution in [0.4, 0.5) is 11.4 Å². The molecule has 1 amide bonds. The van der Waals surface area contributed by atoms with Gasteiger partial charge in [-0.1, -0.05) is 48.5 Å². The summed E-state index contributed by atoms with van der Waals surface area (Å²) in [5.74, 6) is -1.51. The molecule has 3 aromatic carbocycles. The van der Waals surface area contributed by atoms with Gasteiger partial charge >= 0.3 is 0 Å². The molecule has 0 aliphatic carbocycles. The summed E-state index contributed by atoms with van der Waals surface area (Å²) in [6.07, 6.45) is 0. The van der Waals surface area contributed by atoms with Crippen LogP contribution in [-0.2, 0) is 9.59 Å². The number of amides is 1. The van der Waals surface area contributed by atoms with Crippen molar-refractivity contribution in [1.29, 1.82) is 0 Å². The maximum Gasteiger partial charge on any atom is 0.300 e. The molecular formula is C24H18N2O6. The zero-order chi connectivity index (χ0) is 22.8. The molecule has 1 fully saturated rings. The van der Waals surface area contributed by atoms with Gasteiger partial charge in [0.05, 0.1) is 29.3 Å². The van der Waals surface area contributed by atoms with E-state index >= 15 is 0 Å². The molecule has 1 heterocycles. The number of ether oxygens (including phenoxy) is 1. The Morgan fingerprint density at radius 1 is 1.00 bits per heavy atom. The van der Waals surface area contributed by atoms with E-state index in [9.17, 15) is 24.8 Å². The summed E-state index contributed by atoms with van der Waals surface area (Å²) in [6, 6.07) is 19.6. The quantitative estimate of drug-likeness (QED) is 0.213. The molecule has 0 saturated carbocycles. The van der Waals surface area contributed by atoms with Crippen molar-refractivity contribution in [3.63, 3.8) is 0 Å². The van der Waals surface area contributed by atoms with Crippen LogP contribution in [0.1, 0.15) is 17.2 Å². The molecule has 4 rings (SSSR count). The first-order chi connectivity index (χ1) is 15.4. The molecule has 1 saturated heterocycles. The van der Waals surface area contributed by atoms with Crippen molar-refractivity contribution in [3.05, 3.63) is 106 Å². The minimum absolute atomic E-state index is 0.0992. The zero-order valence-corrected chi connectivity index (χ0v) is 17.0. The summed E-state index contributed by atoms with van der Waals surface area (Å²) in [6.45, 7) is 0. The van der Waals surface area contributed by atoms with E-state index in [4.69, 9.17) is 4.74 Å². The number of hydrogen-bond acceptors (Lipinski definition) is 6. The molecule has 0 aromatic heterocycles. The highest BCUT2D eigenvalue weighted by molar-refractivity contribution is 6.51. The van der Waals surface area contributed by atoms with Gasteiger partial charge in [0.25, 0.3) is 17.4 Å². The second kappa shape index (κ2) is 8.35. The first-order valence-electron chi connectivity index (χ1n) is 9.67. The third-order valence-corrected chi connectivity index (χ3v) is 5.24. The number of aliphatic hydroxyl groups is 1. The summed E-state index contributed by atoms with van der Waals surface area (Å²) in [5.41, 5.74) is 0.769. The number of non-ortho nitro benzene ring substituents is 1. The molecule has 3 aromatic rings. The number of nitrogens with zero attached hydrogens (tertiary/aromatic N) is 2. The fourth-order valence-electron chi connectivity index (χ4n) is 3.71. The van der Waals surface area contributed by atoms with Gasteiger partial charge in [-0.15, -0.1) is 0 Å². The van der Waals surface area contributed by atoms with Gasteiger partial charge in [0.1, 0.15) is 11.5 Å². The first kappa shape index (κ1) is 20.8. The van der Waals surface area contributed by atoms with Gasteiger partial charge < -0.3 is 9.84 Å². The standard InChI is InChI=1S/C24H18N2O6/c1-32-19-12-10-15(11-13-19)21-20(22(27)16-6-3-2-4-7-16)23(28)24(29)25(21)17-8-5-9-18(14-17)26(30)31/h2-14,21,27H,1H3/t21-/m1/s1. The maximum atomic E-state index is 13.1. The van der Waals surface area contributed by atoms with E-state index in [0.717, 1.165) is 0 Å². The number of ketones is 1. The van der Waals surface area contributed by atoms with Gasteiger partial charge in [-0.25, -0.2) is 0 Å². The minimum atomic E-state index is -0.983. The Kier molecular flexibility index (Phi) is 5.43. The predicted octanol–water partition coefficient (Wildman–Crippen LogP) is 4.23. The highest BCUT2D eigenvalue weighted by atomic mass is 16.6. The molecule has 1 atom stereocenters. The second-order valence-electron chi connectivity index (χ2n) is 7.09. The number of nitro groups is 1. The van der Waals surface area contributed by atoms with Gasteiger partial charge in [0.15, 0.2) is 0 Å². The van der Waals surface area contributed by atoms with E-state index in [1.165, 1.54) is 36.3 Å². The molecule has 1 N–H and O–H groups in total. The number of Topliss-reactive ketones (excluding diaryl/α,β-unsaturated/α-hetero) is 1. The van der Waals surface area contributed by atoms with Crippen LogP contribution in [0.5, 0.6) is 5.75 Å². The number of aliphatic hydroxyl groups excluding tert-OH is 1. The molecule has 0 unspecified atom stereocenters. The Labute approximate surface area is 183 Å². The Morgan fingerprint density at radius 3 is 2.31 bits per heavy atom. The zero-order valence-electron chi connectivity index (χ0n) is 17.0. The van der Waals surface area contributed by atoms with Crippen molar-refractivity contribution >= 4 is 28.8 Å². The number of carbonyl (C=O) groups is 2. The number of anilines is 1. The lowest BCUT2D eigenvalue weighted by Crippen LogP contribution is -2.29. The van der Waals surface area contributed by atoms with E-state index in [1.807, 2.05) is 0 Å². The van der Waals surface area contributed by atoms with Gasteiger partial charge in [-0.3, -0.25) is 24.6 Å². The van der Waals surface area contributed by atoms with Crippen LogP contribution in [0.3, 0.4) is 0 Å². The van der Waals surface area contributed by atoms with E-state index in [1.54, 1.807) is 54.6 Å². The summed E-state index contributed by atoms with van der Waals surface area (Å²) in [5, 5.41) is 22.3. The molecule has 0 spiro atoms. The van der Waals surface area contributed by atoms with Crippen molar-refractivity contribution in [1.82, 2.24) is 0 Å². The number of rotatable bonds is 5. The summed E-state index contributed by atoms with van der Waals surface area (Å²) in [7, 11) is 1.51. The lowest BCUT2D eigenvalue weighted by atomic mass is 9.95. The molecule has 0 radical (unpaired) electrons. The summed E-state index contributed by atoms with van der Waals surface area (Å²) in [4.78, 5) is 38.0. The highest BCUT2D eigenvalue weighted by Crippen LogP contribution is 2.43. The van der Waals surface area contributed by atoms with Gasteiger partial charge in [0.2, 0.25) is 0 Å². The number of methoxy groups -OCH3 is 1. The average molecular weight is 430 g/mol. The van der Waals surface area contributed by atoms with E-state index in [2.05, 4.69) is 0 Å². The van der Waals surface area contributed by atoms with Crippen molar-refractivity contribution in [3.8, 4) is 5.75 Å². The van der Waals surface area contributed by atoms with E-state index in [-0.39, 0.29) is 22.7 Å². The van der Waals surface area contributed by atoms with Gasteiger partial charge in [0, 0.05) is 17.7 Å². The molecular weight excluding hydrogens is 412 g/mol. The van der Waals surface area contributed by atoms with Crippen LogP contribution < -0.4 is 9.64 Å². The number of hydrogen-bond donors (Lipinski definition) is 1. The SMILES string of the molecule is COc1ccc([C@@H]2C(=C(O)c3ccccc3)C(=O)C(=O)N2c2cccc([N+](=O)[O-])c2)cc1. The molecule has 1 aliphatic rings. The molecule has 8 nitrogen and oxygen atoms in total. The Balaban J connectivity index is 1.94. The monoisotopic (exact) mass is 430 g/mol. The van der Waals surface area contributed by atoms with Crippen molar-refractivity contribution in [2.24, 2.45) is 0 Å². The number of nitro benzene ring substituents is 1. The first-order valence-corrected chi connectivity index (χ1v) is 9.67. The third kappa shape index (κ3) is 3.58. The number of carbonyl (C=O) groups excluding carboxylic acids is 2. The second-order valence-corrected chi connectivity index (χ2v) is 7.09. The van der Waals surface area contributed by atoms with Crippen LogP contribution in [0, 0.1) is 10.1 Å². The third-order valence-electron chi connectivity index (χ3n) is 5.24. The van der Waals surface area contributed by atoms with Gasteiger partial charge in [-0.05, 0) is 23.8 Å². The van der Waals surface area contributed by atoms with Crippen molar-refractivity contribution in [2.45, 2.75) is 6.04 Å². The molecule has 0 bridgehead atoms. The summed E-state index contributed by atoms with van der Waals surface area (Å²) < 4.78 is 5.19. The predicted molar refractivity (Wildman–Crippen MR) is 117 cm³/mol. The molecule has 1 aliphatic heterocycles. The fourth-order valence-corrected chi connectivity index (χ4v) is 3.71. The Hall–Kier alpha value is -4.46. The average Bonchev–Trinajstić information content (AvgIpc) is 3.09. The smallest absolute Gasteiger partial charge is 0.300 e. The lowest BCUT2D eigenvalue weighted by molar-refractivity contribution is -0.384. The summed E-state index contributed by atoms with van der Waals surface area (Å²) >= 11 is 0. The normalized spacial score (nSPS) is 17.4. The van der Waals surface area contributed by atoms with Crippen LogP contribution >= 0.6 is 0 Å². The van der Waals surface area contributed by atoms with Crippen LogP contribution in [0.2, 0.25) is 0 Å². The molecule has 8 heteroatoms. The van der Waals surface area contributed by atoms with Crippen LogP contribution in [0.15, 0.2) is 84.4 Å². The van der Waals surface area contributed by atoms with E-state index in [0.29, 0.717) is 16.9 Å². The van der Waals surface area contributed by atoms with Crippen molar-refractivity contribution < 1.29 is 24.4 Å². The highest BCUT2D eigenvalue weighted by Gasteiger charge is 2.47. The Morgan fingerprint density at radius 2 is 1.69 bits per heavy atom. The van der Waals surface area contributed by atoms with E-state index < -0.39 is 22.7 Å². The fraction of sp³-hybridized carbons (Fsp3) is 0.0833. The molecule has 160 valence electrons. The van der Waals surface area contributed by atoms with Crippen LogP contribution in [0.25, 0.3) is 5.76 Å². The largest absolute Gasteiger partial charge is 0.507 e. The van der Waals surface area contributed by atoms with Gasteiger partial charge in [-0.2, -0.15) is 0 Å². The maximum absolute atomic E-state index is 13.1. The lowest BCUT2D eigenvalue weighted by Gasteiger charge is -2.25. The number of benzene rings is 3.